The van der Waals surface area contributed by atoms with E-state index >= 15 is 0 Å². The molecule has 0 heterocycles. The van der Waals surface area contributed by atoms with Crippen molar-refractivity contribution >= 4 is 33.3 Å². The number of ketones is 1. The van der Waals surface area contributed by atoms with E-state index in [0.717, 1.165) is 10.0 Å². The van der Waals surface area contributed by atoms with Gasteiger partial charge in [0.1, 0.15) is 5.75 Å². The lowest BCUT2D eigenvalue weighted by molar-refractivity contribution is 0.103. The highest BCUT2D eigenvalue weighted by Gasteiger charge is 2.15. The highest BCUT2D eigenvalue weighted by molar-refractivity contribution is 9.10. The molecule has 0 spiro atoms. The lowest BCUT2D eigenvalue weighted by Crippen LogP contribution is -2.04. The largest absolute Gasteiger partial charge is 0.496 e. The number of hydrogen-bond acceptors (Lipinski definition) is 2. The van der Waals surface area contributed by atoms with Crippen molar-refractivity contribution in [3.63, 3.8) is 0 Å². The Balaban J connectivity index is 2.52. The van der Waals surface area contributed by atoms with Gasteiger partial charge in [-0.15, -0.1) is 0 Å². The van der Waals surface area contributed by atoms with Crippen LogP contribution in [0, 0.1) is 6.92 Å². The predicted octanol–water partition coefficient (Wildman–Crippen LogP) is 4.65. The minimum Gasteiger partial charge on any atom is -0.496 e. The van der Waals surface area contributed by atoms with Gasteiger partial charge in [0.15, 0.2) is 5.78 Å². The number of halogens is 2. The summed E-state index contributed by atoms with van der Waals surface area (Å²) in [7, 11) is 1.53. The normalized spacial score (nSPS) is 10.3. The summed E-state index contributed by atoms with van der Waals surface area (Å²) >= 11 is 9.35. The fraction of sp³-hybridized carbons (Fsp3) is 0.133. The minimum absolute atomic E-state index is 0.108. The van der Waals surface area contributed by atoms with Crippen LogP contribution in [0.1, 0.15) is 21.5 Å². The molecule has 0 atom stereocenters. The van der Waals surface area contributed by atoms with Crippen molar-refractivity contribution in [3.8, 4) is 5.75 Å². The van der Waals surface area contributed by atoms with Crippen molar-refractivity contribution < 1.29 is 9.53 Å². The standard InChI is InChI=1S/C15H12BrClO2/c1-9-5-10(7-11(16)6-9)15(18)13-8-12(17)3-4-14(13)19-2/h3-8H,1-2H3. The van der Waals surface area contributed by atoms with Gasteiger partial charge >= 0.3 is 0 Å². The molecule has 0 amide bonds. The third-order valence-electron chi connectivity index (χ3n) is 2.71. The third-order valence-corrected chi connectivity index (χ3v) is 3.40. The van der Waals surface area contributed by atoms with E-state index < -0.39 is 0 Å². The Labute approximate surface area is 125 Å². The maximum absolute atomic E-state index is 12.5. The maximum atomic E-state index is 12.5. The number of hydrogen-bond donors (Lipinski definition) is 0. The second-order valence-electron chi connectivity index (χ2n) is 4.19. The van der Waals surface area contributed by atoms with Crippen molar-refractivity contribution in [1.82, 2.24) is 0 Å². The van der Waals surface area contributed by atoms with Crippen LogP contribution in [0.3, 0.4) is 0 Å². The smallest absolute Gasteiger partial charge is 0.196 e. The molecule has 0 radical (unpaired) electrons. The predicted molar refractivity (Wildman–Crippen MR) is 80.3 cm³/mol. The van der Waals surface area contributed by atoms with Gasteiger partial charge in [-0.2, -0.15) is 0 Å². The van der Waals surface area contributed by atoms with Crippen LogP contribution in [0.25, 0.3) is 0 Å². The zero-order valence-corrected chi connectivity index (χ0v) is 12.9. The molecule has 2 aromatic carbocycles. The van der Waals surface area contributed by atoms with Gasteiger partial charge in [-0.25, -0.2) is 0 Å². The van der Waals surface area contributed by atoms with Crippen molar-refractivity contribution in [2.75, 3.05) is 7.11 Å². The quantitative estimate of drug-likeness (QED) is 0.761. The summed E-state index contributed by atoms with van der Waals surface area (Å²) in [5.41, 5.74) is 2.08. The van der Waals surface area contributed by atoms with Crippen molar-refractivity contribution in [2.24, 2.45) is 0 Å². The Morgan fingerprint density at radius 1 is 1.21 bits per heavy atom. The molecule has 0 bridgehead atoms. The molecule has 0 saturated carbocycles. The molecule has 2 aromatic rings. The van der Waals surface area contributed by atoms with Crippen molar-refractivity contribution in [1.29, 1.82) is 0 Å². The Morgan fingerprint density at radius 2 is 1.95 bits per heavy atom. The Bertz CT molecular complexity index is 618. The highest BCUT2D eigenvalue weighted by Crippen LogP contribution is 2.26. The number of methoxy groups -OCH3 is 1. The Morgan fingerprint density at radius 3 is 2.58 bits per heavy atom. The van der Waals surface area contributed by atoms with E-state index in [1.54, 1.807) is 24.3 Å². The van der Waals surface area contributed by atoms with Gasteiger partial charge in [-0.3, -0.25) is 4.79 Å². The maximum Gasteiger partial charge on any atom is 0.196 e. The van der Waals surface area contributed by atoms with Crippen molar-refractivity contribution in [3.05, 3.63) is 62.6 Å². The summed E-state index contributed by atoms with van der Waals surface area (Å²) in [6.07, 6.45) is 0. The van der Waals surface area contributed by atoms with Gasteiger partial charge in [-0.05, 0) is 48.9 Å². The van der Waals surface area contributed by atoms with Crippen LogP contribution < -0.4 is 4.74 Å². The van der Waals surface area contributed by atoms with Gasteiger partial charge in [-0.1, -0.05) is 27.5 Å². The monoisotopic (exact) mass is 338 g/mol. The summed E-state index contributed by atoms with van der Waals surface area (Å²) in [5.74, 6) is 0.413. The van der Waals surface area contributed by atoms with Gasteiger partial charge < -0.3 is 4.74 Å². The first kappa shape index (κ1) is 14.1. The molecule has 2 nitrogen and oxygen atoms in total. The van der Waals surface area contributed by atoms with Gasteiger partial charge in [0.05, 0.1) is 12.7 Å². The molecule has 2 rings (SSSR count). The molecule has 0 aromatic heterocycles. The second kappa shape index (κ2) is 5.76. The Kier molecular flexibility index (Phi) is 4.27. The van der Waals surface area contributed by atoms with Crippen LogP contribution in [0.2, 0.25) is 5.02 Å². The lowest BCUT2D eigenvalue weighted by atomic mass is 10.0. The van der Waals surface area contributed by atoms with E-state index in [-0.39, 0.29) is 5.78 Å². The molecular weight excluding hydrogens is 328 g/mol. The van der Waals surface area contributed by atoms with E-state index in [4.69, 9.17) is 16.3 Å². The van der Waals surface area contributed by atoms with Crippen LogP contribution in [0.15, 0.2) is 40.9 Å². The number of benzene rings is 2. The molecule has 0 unspecified atom stereocenters. The van der Waals surface area contributed by atoms with Gasteiger partial charge in [0.25, 0.3) is 0 Å². The summed E-state index contributed by atoms with van der Waals surface area (Å²) in [6, 6.07) is 10.6. The molecular formula is C15H12BrClO2. The first-order valence-electron chi connectivity index (χ1n) is 5.66. The van der Waals surface area contributed by atoms with Crippen molar-refractivity contribution in [2.45, 2.75) is 6.92 Å². The number of ether oxygens (including phenoxy) is 1. The van der Waals surface area contributed by atoms with Crippen LogP contribution in [0.4, 0.5) is 0 Å². The molecule has 98 valence electrons. The summed E-state index contributed by atoms with van der Waals surface area (Å²) in [6.45, 7) is 1.94. The van der Waals surface area contributed by atoms with E-state index in [0.29, 0.717) is 21.9 Å². The van der Waals surface area contributed by atoms with Crippen LogP contribution in [-0.4, -0.2) is 12.9 Å². The van der Waals surface area contributed by atoms with Gasteiger partial charge in [0.2, 0.25) is 0 Å². The SMILES string of the molecule is COc1ccc(Cl)cc1C(=O)c1cc(C)cc(Br)c1. The van der Waals surface area contributed by atoms with Gasteiger partial charge in [0, 0.05) is 15.1 Å². The van der Waals surface area contributed by atoms with E-state index in [2.05, 4.69) is 15.9 Å². The number of aryl methyl sites for hydroxylation is 1. The van der Waals surface area contributed by atoms with Crippen LogP contribution in [0.5, 0.6) is 5.75 Å². The Hall–Kier alpha value is -1.32. The molecule has 0 aliphatic heterocycles. The zero-order chi connectivity index (χ0) is 14.0. The van der Waals surface area contributed by atoms with Crippen LogP contribution >= 0.6 is 27.5 Å². The van der Waals surface area contributed by atoms with Crippen LogP contribution in [-0.2, 0) is 0 Å². The second-order valence-corrected chi connectivity index (χ2v) is 5.54. The topological polar surface area (TPSA) is 26.3 Å². The summed E-state index contributed by atoms with van der Waals surface area (Å²) in [4.78, 5) is 12.5. The fourth-order valence-electron chi connectivity index (χ4n) is 1.88. The molecule has 0 N–H and O–H groups in total. The number of carbonyl (C=O) groups is 1. The van der Waals surface area contributed by atoms with E-state index in [9.17, 15) is 4.79 Å². The molecule has 19 heavy (non-hydrogen) atoms. The molecule has 0 saturated heterocycles. The first-order valence-corrected chi connectivity index (χ1v) is 6.84. The fourth-order valence-corrected chi connectivity index (χ4v) is 2.66. The average molecular weight is 340 g/mol. The average Bonchev–Trinajstić information content (AvgIpc) is 2.36. The molecule has 0 aliphatic carbocycles. The zero-order valence-electron chi connectivity index (χ0n) is 10.5. The minimum atomic E-state index is -0.108. The summed E-state index contributed by atoms with van der Waals surface area (Å²) in [5, 5.41) is 0.510. The first-order chi connectivity index (χ1) is 9.01. The molecule has 4 heteroatoms. The third kappa shape index (κ3) is 3.17. The molecule has 0 fully saturated rings. The van der Waals surface area contributed by atoms with E-state index in [1.807, 2.05) is 19.1 Å². The lowest BCUT2D eigenvalue weighted by Gasteiger charge is -2.09. The molecule has 0 aliphatic rings. The van der Waals surface area contributed by atoms with E-state index in [1.165, 1.54) is 7.11 Å². The number of carbonyl (C=O) groups excluding carboxylic acids is 1. The number of rotatable bonds is 3. The summed E-state index contributed by atoms with van der Waals surface area (Å²) < 4.78 is 6.08. The highest BCUT2D eigenvalue weighted by atomic mass is 79.9.